The number of aryl methyl sites for hydroxylation is 3. The Morgan fingerprint density at radius 2 is 1.79 bits per heavy atom. The molecule has 0 aromatic heterocycles. The lowest BCUT2D eigenvalue weighted by atomic mass is 9.45. The summed E-state index contributed by atoms with van der Waals surface area (Å²) in [4.78, 5) is 12.1. The first-order chi connectivity index (χ1) is 15.3. The van der Waals surface area contributed by atoms with Crippen LogP contribution in [0.15, 0.2) is 30.4 Å². The van der Waals surface area contributed by atoms with Gasteiger partial charge in [0.1, 0.15) is 0 Å². The van der Waals surface area contributed by atoms with Crippen LogP contribution in [0.4, 0.5) is 0 Å². The molecule has 0 unspecified atom stereocenters. The molecule has 3 N–H and O–H groups in total. The molecular formula is C29H38O4. The van der Waals surface area contributed by atoms with Gasteiger partial charge in [0, 0.05) is 5.56 Å². The van der Waals surface area contributed by atoms with Gasteiger partial charge in [-0.2, -0.15) is 0 Å². The molecule has 33 heavy (non-hydrogen) atoms. The van der Waals surface area contributed by atoms with Crippen molar-refractivity contribution >= 4 is 16.7 Å². The molecule has 0 saturated heterocycles. The Hall–Kier alpha value is -2.49. The van der Waals surface area contributed by atoms with Gasteiger partial charge in [-0.05, 0) is 110 Å². The van der Waals surface area contributed by atoms with Gasteiger partial charge in [-0.25, -0.2) is 0 Å². The Bertz CT molecular complexity index is 1150. The number of hydrogen-bond acceptors (Lipinski definition) is 3. The van der Waals surface area contributed by atoms with Gasteiger partial charge in [-0.1, -0.05) is 38.1 Å². The van der Waals surface area contributed by atoms with E-state index in [1.54, 1.807) is 6.07 Å². The average Bonchev–Trinajstić information content (AvgIpc) is 2.76. The highest BCUT2D eigenvalue weighted by Gasteiger charge is 2.56. The topological polar surface area (TPSA) is 77.8 Å². The normalized spacial score (nSPS) is 32.0. The van der Waals surface area contributed by atoms with Crippen molar-refractivity contribution in [2.75, 3.05) is 0 Å². The molecule has 2 aromatic rings. The number of phenolic OH excluding ortho intramolecular Hbond substituents is 2. The van der Waals surface area contributed by atoms with Crippen LogP contribution in [0.1, 0.15) is 76.0 Å². The summed E-state index contributed by atoms with van der Waals surface area (Å²) in [6.45, 7) is 15.0. The summed E-state index contributed by atoms with van der Waals surface area (Å²) in [7, 11) is 0. The van der Waals surface area contributed by atoms with Gasteiger partial charge in [0.25, 0.3) is 0 Å². The van der Waals surface area contributed by atoms with Crippen molar-refractivity contribution in [1.29, 1.82) is 0 Å². The van der Waals surface area contributed by atoms with E-state index in [1.807, 2.05) is 19.9 Å². The van der Waals surface area contributed by atoms with Crippen LogP contribution in [0, 0.1) is 36.0 Å². The van der Waals surface area contributed by atoms with Crippen molar-refractivity contribution in [1.82, 2.24) is 0 Å². The molecule has 0 amide bonds. The van der Waals surface area contributed by atoms with Crippen LogP contribution >= 0.6 is 0 Å². The molecule has 0 bridgehead atoms. The SMILES string of the molecule is C=C1CC[C@@]2(C)CC[C@@](C)(C(=O)O)C[C@H]2[C@]1(C)CCc1c(C)ccc2c(C)c(O)c(O)cc12. The average molecular weight is 451 g/mol. The van der Waals surface area contributed by atoms with Crippen LogP contribution < -0.4 is 0 Å². The molecule has 0 spiro atoms. The van der Waals surface area contributed by atoms with Crippen molar-refractivity contribution < 1.29 is 20.1 Å². The maximum Gasteiger partial charge on any atom is 0.309 e. The number of carbonyl (C=O) groups is 1. The minimum Gasteiger partial charge on any atom is -0.504 e. The minimum absolute atomic E-state index is 0.0594. The van der Waals surface area contributed by atoms with Gasteiger partial charge in [-0.3, -0.25) is 4.79 Å². The predicted octanol–water partition coefficient (Wildman–Crippen LogP) is 7.05. The van der Waals surface area contributed by atoms with Crippen LogP contribution in [-0.2, 0) is 11.2 Å². The summed E-state index contributed by atoms with van der Waals surface area (Å²) in [5, 5.41) is 32.4. The molecule has 2 aliphatic carbocycles. The lowest BCUT2D eigenvalue weighted by Gasteiger charge is -2.59. The van der Waals surface area contributed by atoms with Gasteiger partial charge >= 0.3 is 5.97 Å². The smallest absolute Gasteiger partial charge is 0.309 e. The minimum atomic E-state index is -0.682. The van der Waals surface area contributed by atoms with E-state index in [2.05, 4.69) is 33.4 Å². The number of carboxylic acids is 1. The number of aromatic hydroxyl groups is 2. The molecule has 2 aliphatic rings. The van der Waals surface area contributed by atoms with E-state index in [9.17, 15) is 20.1 Å². The van der Waals surface area contributed by atoms with Crippen molar-refractivity contribution in [3.63, 3.8) is 0 Å². The zero-order chi connectivity index (χ0) is 24.3. The van der Waals surface area contributed by atoms with Crippen LogP contribution in [0.3, 0.4) is 0 Å². The molecule has 2 saturated carbocycles. The summed E-state index contributed by atoms with van der Waals surface area (Å²) >= 11 is 0. The lowest BCUT2D eigenvalue weighted by Crippen LogP contribution is -2.52. The second kappa shape index (κ2) is 7.78. The van der Waals surface area contributed by atoms with Crippen LogP contribution in [0.25, 0.3) is 10.8 Å². The fourth-order valence-corrected chi connectivity index (χ4v) is 6.85. The number of carboxylic acid groups (broad SMARTS) is 1. The van der Waals surface area contributed by atoms with E-state index in [1.165, 1.54) is 16.7 Å². The molecular weight excluding hydrogens is 412 g/mol. The third-order valence-electron chi connectivity index (χ3n) is 9.60. The Morgan fingerprint density at radius 3 is 2.45 bits per heavy atom. The second-order valence-electron chi connectivity index (χ2n) is 11.6. The number of rotatable bonds is 4. The Kier molecular flexibility index (Phi) is 5.58. The fraction of sp³-hybridized carbons (Fsp3) is 0.552. The third kappa shape index (κ3) is 3.62. The zero-order valence-corrected chi connectivity index (χ0v) is 20.7. The molecule has 178 valence electrons. The van der Waals surface area contributed by atoms with E-state index in [0.29, 0.717) is 12.0 Å². The molecule has 4 rings (SSSR count). The Morgan fingerprint density at radius 1 is 1.09 bits per heavy atom. The molecule has 0 heterocycles. The number of hydrogen-bond donors (Lipinski definition) is 3. The summed E-state index contributed by atoms with van der Waals surface area (Å²) in [5.41, 5.74) is 3.60. The molecule has 2 fully saturated rings. The summed E-state index contributed by atoms with van der Waals surface area (Å²) < 4.78 is 0. The summed E-state index contributed by atoms with van der Waals surface area (Å²) in [5.74, 6) is -0.553. The monoisotopic (exact) mass is 450 g/mol. The zero-order valence-electron chi connectivity index (χ0n) is 20.7. The van der Waals surface area contributed by atoms with Crippen molar-refractivity contribution in [2.24, 2.45) is 22.2 Å². The fourth-order valence-electron chi connectivity index (χ4n) is 6.85. The largest absolute Gasteiger partial charge is 0.504 e. The van der Waals surface area contributed by atoms with Crippen molar-refractivity contribution in [3.05, 3.63) is 47.0 Å². The van der Waals surface area contributed by atoms with Gasteiger partial charge in [0.05, 0.1) is 5.41 Å². The van der Waals surface area contributed by atoms with E-state index < -0.39 is 11.4 Å². The first-order valence-electron chi connectivity index (χ1n) is 12.2. The van der Waals surface area contributed by atoms with E-state index >= 15 is 0 Å². The van der Waals surface area contributed by atoms with E-state index in [-0.39, 0.29) is 28.2 Å². The van der Waals surface area contributed by atoms with Crippen molar-refractivity contribution in [2.45, 2.75) is 79.6 Å². The highest BCUT2D eigenvalue weighted by molar-refractivity contribution is 5.93. The molecule has 4 nitrogen and oxygen atoms in total. The number of aliphatic carboxylic acids is 1. The molecule has 2 aromatic carbocycles. The predicted molar refractivity (Wildman–Crippen MR) is 133 cm³/mol. The lowest BCUT2D eigenvalue weighted by molar-refractivity contribution is -0.157. The molecule has 0 radical (unpaired) electrons. The van der Waals surface area contributed by atoms with E-state index in [0.717, 1.165) is 49.3 Å². The maximum absolute atomic E-state index is 12.1. The second-order valence-corrected chi connectivity index (χ2v) is 11.6. The molecule has 0 aliphatic heterocycles. The summed E-state index contributed by atoms with van der Waals surface area (Å²) in [6.07, 6.45) is 6.17. The van der Waals surface area contributed by atoms with Gasteiger partial charge in [0.15, 0.2) is 11.5 Å². The first kappa shape index (κ1) is 23.7. The van der Waals surface area contributed by atoms with Crippen LogP contribution in [-0.4, -0.2) is 21.3 Å². The van der Waals surface area contributed by atoms with Crippen LogP contribution in [0.2, 0.25) is 0 Å². The highest BCUT2D eigenvalue weighted by atomic mass is 16.4. The molecule has 4 atom stereocenters. The summed E-state index contributed by atoms with van der Waals surface area (Å²) in [6, 6.07) is 5.79. The number of phenols is 2. The van der Waals surface area contributed by atoms with Gasteiger partial charge < -0.3 is 15.3 Å². The van der Waals surface area contributed by atoms with Crippen molar-refractivity contribution in [3.8, 4) is 11.5 Å². The van der Waals surface area contributed by atoms with Gasteiger partial charge in [0.2, 0.25) is 0 Å². The van der Waals surface area contributed by atoms with Gasteiger partial charge in [-0.15, -0.1) is 0 Å². The Balaban J connectivity index is 1.74. The number of fused-ring (bicyclic) bond motifs is 2. The number of allylic oxidation sites excluding steroid dienone is 1. The molecule has 4 heteroatoms. The quantitative estimate of drug-likeness (QED) is 0.344. The Labute approximate surface area is 197 Å². The highest BCUT2D eigenvalue weighted by Crippen LogP contribution is 2.64. The standard InChI is InChI=1S/C29H38O4/c1-17-7-8-21-19(3)25(31)23(30)15-22(21)20(17)10-12-29(6)18(2)9-11-27(4)13-14-28(5,26(32)33)16-24(27)29/h7-8,15,24,30-31H,2,9-14,16H2,1,3-6H3,(H,32,33)/t24-,27+,28-,29-/m1/s1. The first-order valence-corrected chi connectivity index (χ1v) is 12.2. The van der Waals surface area contributed by atoms with Crippen LogP contribution in [0.5, 0.6) is 11.5 Å². The maximum atomic E-state index is 12.1. The van der Waals surface area contributed by atoms with E-state index in [4.69, 9.17) is 0 Å². The third-order valence-corrected chi connectivity index (χ3v) is 9.60. The number of benzene rings is 2.